The van der Waals surface area contributed by atoms with Crippen LogP contribution in [0.2, 0.25) is 0 Å². The van der Waals surface area contributed by atoms with Crippen LogP contribution in [0.1, 0.15) is 18.1 Å². The minimum Gasteiger partial charge on any atom is -0.494 e. The van der Waals surface area contributed by atoms with Crippen molar-refractivity contribution in [3.63, 3.8) is 0 Å². The van der Waals surface area contributed by atoms with E-state index in [0.717, 1.165) is 10.1 Å². The second kappa shape index (κ2) is 10.2. The summed E-state index contributed by atoms with van der Waals surface area (Å²) in [5, 5.41) is 11.8. The summed E-state index contributed by atoms with van der Waals surface area (Å²) in [5.41, 5.74) is 9.13. The normalized spacial score (nSPS) is 11.5. The van der Waals surface area contributed by atoms with Crippen molar-refractivity contribution in [3.8, 4) is 5.88 Å². The molecular formula is C27H26N4O4. The average Bonchev–Trinajstić information content (AvgIpc) is 3.17. The number of nitrogens with two attached hydrogens (primary N) is 1. The number of fused-ring (bicyclic) bond motifs is 1. The van der Waals surface area contributed by atoms with Gasteiger partial charge in [0.05, 0.1) is 29.6 Å². The molecule has 0 atom stereocenters. The first-order valence-corrected chi connectivity index (χ1v) is 11.1. The average molecular weight is 471 g/mol. The number of methoxy groups -OCH3 is 1. The Balaban J connectivity index is 1.90. The van der Waals surface area contributed by atoms with Gasteiger partial charge in [0, 0.05) is 36.7 Å². The smallest absolute Gasteiger partial charge is 0.421 e. The Labute approximate surface area is 202 Å². The second-order valence-electron chi connectivity index (χ2n) is 7.82. The van der Waals surface area contributed by atoms with Gasteiger partial charge in [0.1, 0.15) is 0 Å². The molecule has 0 saturated heterocycles. The van der Waals surface area contributed by atoms with Crippen molar-refractivity contribution in [1.82, 2.24) is 4.57 Å². The van der Waals surface area contributed by atoms with Gasteiger partial charge in [-0.25, -0.2) is 14.4 Å². The zero-order valence-electron chi connectivity index (χ0n) is 19.5. The summed E-state index contributed by atoms with van der Waals surface area (Å²) in [7, 11) is 1.26. The van der Waals surface area contributed by atoms with Crippen molar-refractivity contribution < 1.29 is 19.4 Å². The number of para-hydroxylation sites is 1. The number of amides is 1. The van der Waals surface area contributed by atoms with E-state index in [1.807, 2.05) is 42.5 Å². The molecule has 4 aromatic rings. The molecule has 3 N–H and O–H groups in total. The van der Waals surface area contributed by atoms with Crippen molar-refractivity contribution >= 4 is 40.0 Å². The fraction of sp³-hybridized carbons (Fsp3) is 0.148. The highest BCUT2D eigenvalue weighted by Gasteiger charge is 2.25. The van der Waals surface area contributed by atoms with Crippen molar-refractivity contribution in [2.45, 2.75) is 6.92 Å². The van der Waals surface area contributed by atoms with Gasteiger partial charge < -0.3 is 20.5 Å². The molecule has 0 radical (unpaired) electrons. The molecule has 0 saturated carbocycles. The maximum absolute atomic E-state index is 12.5. The van der Waals surface area contributed by atoms with Gasteiger partial charge in [0.25, 0.3) is 0 Å². The van der Waals surface area contributed by atoms with Crippen LogP contribution in [0.4, 0.5) is 16.2 Å². The highest BCUT2D eigenvalue weighted by molar-refractivity contribution is 6.23. The number of aromatic hydroxyl groups is 1. The lowest BCUT2D eigenvalue weighted by Crippen LogP contribution is -2.33. The SMILES string of the molecule is COC(=O)n1c(O)c(C(=Nc2ccc(N(CCN)C(C)=O)cc2)c2ccccc2)c2ccccc21. The van der Waals surface area contributed by atoms with Crippen LogP contribution in [-0.4, -0.2) is 47.6 Å². The third-order valence-electron chi connectivity index (χ3n) is 5.63. The zero-order valence-corrected chi connectivity index (χ0v) is 19.5. The monoisotopic (exact) mass is 470 g/mol. The number of ether oxygens (including phenoxy) is 1. The minimum atomic E-state index is -0.703. The molecule has 4 rings (SSSR count). The molecule has 1 heterocycles. The summed E-state index contributed by atoms with van der Waals surface area (Å²) in [6, 6.07) is 23.8. The molecule has 8 nitrogen and oxygen atoms in total. The Hall–Kier alpha value is -4.43. The van der Waals surface area contributed by atoms with Crippen molar-refractivity contribution in [3.05, 3.63) is 90.0 Å². The quantitative estimate of drug-likeness (QED) is 0.405. The number of benzene rings is 3. The molecule has 0 unspecified atom stereocenters. The van der Waals surface area contributed by atoms with E-state index in [-0.39, 0.29) is 11.8 Å². The van der Waals surface area contributed by atoms with Gasteiger partial charge in [-0.1, -0.05) is 48.5 Å². The third kappa shape index (κ3) is 4.64. The molecule has 0 fully saturated rings. The number of carbonyl (C=O) groups excluding carboxylic acids is 2. The van der Waals surface area contributed by atoms with Crippen molar-refractivity contribution in [2.24, 2.45) is 10.7 Å². The van der Waals surface area contributed by atoms with Crippen LogP contribution in [-0.2, 0) is 9.53 Å². The van der Waals surface area contributed by atoms with Gasteiger partial charge in [0.15, 0.2) is 0 Å². The van der Waals surface area contributed by atoms with Gasteiger partial charge >= 0.3 is 6.09 Å². The van der Waals surface area contributed by atoms with E-state index in [0.29, 0.717) is 46.6 Å². The summed E-state index contributed by atoms with van der Waals surface area (Å²) in [5.74, 6) is -0.361. The number of aliphatic imine (C=N–C) groups is 1. The number of aromatic nitrogens is 1. The number of nitrogens with zero attached hydrogens (tertiary/aromatic N) is 3. The van der Waals surface area contributed by atoms with Crippen LogP contribution in [0, 0.1) is 0 Å². The number of carbonyl (C=O) groups is 2. The number of rotatable bonds is 6. The van der Waals surface area contributed by atoms with Crippen LogP contribution in [0.15, 0.2) is 83.9 Å². The van der Waals surface area contributed by atoms with Crippen molar-refractivity contribution in [1.29, 1.82) is 0 Å². The van der Waals surface area contributed by atoms with Crippen LogP contribution in [0.5, 0.6) is 5.88 Å². The van der Waals surface area contributed by atoms with Gasteiger partial charge in [-0.15, -0.1) is 0 Å². The molecule has 0 bridgehead atoms. The fourth-order valence-electron chi connectivity index (χ4n) is 4.03. The van der Waals surface area contributed by atoms with E-state index in [4.69, 9.17) is 15.5 Å². The zero-order chi connectivity index (χ0) is 24.9. The Morgan fingerprint density at radius 3 is 2.29 bits per heavy atom. The predicted octanol–water partition coefficient (Wildman–Crippen LogP) is 4.44. The van der Waals surface area contributed by atoms with E-state index in [9.17, 15) is 14.7 Å². The Morgan fingerprint density at radius 2 is 1.66 bits per heavy atom. The fourth-order valence-corrected chi connectivity index (χ4v) is 4.03. The first-order chi connectivity index (χ1) is 17.0. The highest BCUT2D eigenvalue weighted by atomic mass is 16.5. The van der Waals surface area contributed by atoms with Crippen LogP contribution < -0.4 is 10.6 Å². The molecule has 0 aliphatic rings. The van der Waals surface area contributed by atoms with E-state index in [1.54, 1.807) is 41.3 Å². The summed E-state index contributed by atoms with van der Waals surface area (Å²) < 4.78 is 6.03. The topological polar surface area (TPSA) is 110 Å². The molecule has 0 aliphatic carbocycles. The predicted molar refractivity (Wildman–Crippen MR) is 137 cm³/mol. The maximum atomic E-state index is 12.5. The first-order valence-electron chi connectivity index (χ1n) is 11.1. The van der Waals surface area contributed by atoms with Gasteiger partial charge in [-0.2, -0.15) is 0 Å². The summed E-state index contributed by atoms with van der Waals surface area (Å²) >= 11 is 0. The van der Waals surface area contributed by atoms with E-state index < -0.39 is 6.09 Å². The molecule has 0 spiro atoms. The number of hydrogen-bond donors (Lipinski definition) is 2. The standard InChI is InChI=1S/C27H26N4O4/c1-18(32)30(17-16-28)21-14-12-20(13-15-21)29-25(19-8-4-3-5-9-19)24-22-10-6-7-11-23(22)31(26(24)33)27(34)35-2/h3-15,33H,16-17,28H2,1-2H3. The molecule has 1 amide bonds. The first kappa shape index (κ1) is 23.7. The maximum Gasteiger partial charge on any atom is 0.421 e. The lowest BCUT2D eigenvalue weighted by Gasteiger charge is -2.20. The second-order valence-corrected chi connectivity index (χ2v) is 7.82. The molecule has 0 aliphatic heterocycles. The van der Waals surface area contributed by atoms with Gasteiger partial charge in [-0.3, -0.25) is 4.79 Å². The lowest BCUT2D eigenvalue weighted by atomic mass is 10.0. The Kier molecular flexibility index (Phi) is 6.93. The molecule has 35 heavy (non-hydrogen) atoms. The van der Waals surface area contributed by atoms with Crippen LogP contribution in [0.3, 0.4) is 0 Å². The van der Waals surface area contributed by atoms with E-state index in [1.165, 1.54) is 14.0 Å². The number of anilines is 1. The Morgan fingerprint density at radius 1 is 1.00 bits per heavy atom. The lowest BCUT2D eigenvalue weighted by molar-refractivity contribution is -0.116. The van der Waals surface area contributed by atoms with Gasteiger partial charge in [-0.05, 0) is 30.3 Å². The number of hydrogen-bond acceptors (Lipinski definition) is 6. The summed E-state index contributed by atoms with van der Waals surface area (Å²) in [6.45, 7) is 2.25. The molecule has 178 valence electrons. The molecular weight excluding hydrogens is 444 g/mol. The van der Waals surface area contributed by atoms with E-state index >= 15 is 0 Å². The summed E-state index contributed by atoms with van der Waals surface area (Å²) in [6.07, 6.45) is -0.703. The Bertz CT molecular complexity index is 1390. The third-order valence-corrected chi connectivity index (χ3v) is 5.63. The van der Waals surface area contributed by atoms with Crippen LogP contribution >= 0.6 is 0 Å². The summed E-state index contributed by atoms with van der Waals surface area (Å²) in [4.78, 5) is 30.9. The van der Waals surface area contributed by atoms with E-state index in [2.05, 4.69) is 0 Å². The molecule has 1 aromatic heterocycles. The van der Waals surface area contributed by atoms with Crippen molar-refractivity contribution in [2.75, 3.05) is 25.1 Å². The minimum absolute atomic E-state index is 0.0998. The molecule has 8 heteroatoms. The van der Waals surface area contributed by atoms with Crippen LogP contribution in [0.25, 0.3) is 10.9 Å². The highest BCUT2D eigenvalue weighted by Crippen LogP contribution is 2.35. The van der Waals surface area contributed by atoms with Gasteiger partial charge in [0.2, 0.25) is 11.8 Å². The largest absolute Gasteiger partial charge is 0.494 e. The molecule has 3 aromatic carbocycles.